The van der Waals surface area contributed by atoms with Gasteiger partial charge in [0, 0.05) is 44.1 Å². The van der Waals surface area contributed by atoms with Gasteiger partial charge in [-0.1, -0.05) is 89.8 Å². The van der Waals surface area contributed by atoms with Crippen molar-refractivity contribution in [3.05, 3.63) is 59.9 Å². The van der Waals surface area contributed by atoms with Gasteiger partial charge in [-0.05, 0) is 80.9 Å². The Labute approximate surface area is 286 Å². The number of hydrogen-bond acceptors (Lipinski definition) is 6. The highest BCUT2D eigenvalue weighted by molar-refractivity contribution is 5.70. The SMILES string of the molecule is CC1C=C(OC(F)(F)F)C=CC1C(c1ccccc1)N1CCN(C(O)CC2CCCCC(CC(=O)OC(C)(C)C)CC2)[C@@H](C(C)(C)C)C1. The van der Waals surface area contributed by atoms with E-state index in [2.05, 4.69) is 47.4 Å². The summed E-state index contributed by atoms with van der Waals surface area (Å²) in [6.45, 7) is 16.5. The number of carbonyl (C=O) groups is 1. The number of hydrogen-bond donors (Lipinski definition) is 1. The molecule has 1 aromatic carbocycles. The van der Waals surface area contributed by atoms with Crippen LogP contribution in [-0.4, -0.2) is 64.7 Å². The molecule has 3 aliphatic rings. The summed E-state index contributed by atoms with van der Waals surface area (Å²) in [5.74, 6) is 0.215. The first kappa shape index (κ1) is 38.4. The Morgan fingerprint density at radius 3 is 2.21 bits per heavy atom. The van der Waals surface area contributed by atoms with Gasteiger partial charge in [0.25, 0.3) is 0 Å². The fourth-order valence-electron chi connectivity index (χ4n) is 8.05. The largest absolute Gasteiger partial charge is 0.573 e. The summed E-state index contributed by atoms with van der Waals surface area (Å²) in [6.07, 6.45) is 7.11. The highest BCUT2D eigenvalue weighted by Crippen LogP contribution is 2.42. The molecule has 270 valence electrons. The number of alkyl halides is 3. The van der Waals surface area contributed by atoms with Crippen LogP contribution in [0.3, 0.4) is 0 Å². The molecule has 7 atom stereocenters. The first-order valence-corrected chi connectivity index (χ1v) is 18.0. The maximum atomic E-state index is 13.0. The highest BCUT2D eigenvalue weighted by atomic mass is 19.4. The van der Waals surface area contributed by atoms with Crippen LogP contribution in [0.15, 0.2) is 54.3 Å². The zero-order valence-electron chi connectivity index (χ0n) is 30.1. The third-order valence-electron chi connectivity index (χ3n) is 10.4. The van der Waals surface area contributed by atoms with Crippen LogP contribution in [0.4, 0.5) is 13.2 Å². The summed E-state index contributed by atoms with van der Waals surface area (Å²) < 4.78 is 48.8. The number of ether oxygens (including phenoxy) is 2. The minimum Gasteiger partial charge on any atom is -0.460 e. The molecule has 1 saturated carbocycles. The lowest BCUT2D eigenvalue weighted by atomic mass is 9.77. The molecule has 2 fully saturated rings. The van der Waals surface area contributed by atoms with Gasteiger partial charge in [-0.3, -0.25) is 14.6 Å². The molecule has 0 spiro atoms. The van der Waals surface area contributed by atoms with E-state index in [4.69, 9.17) is 4.74 Å². The Kier molecular flexibility index (Phi) is 12.9. The lowest BCUT2D eigenvalue weighted by Crippen LogP contribution is -2.62. The van der Waals surface area contributed by atoms with Gasteiger partial charge < -0.3 is 14.6 Å². The van der Waals surface area contributed by atoms with E-state index in [1.807, 2.05) is 52.0 Å². The Bertz CT molecular complexity index is 1240. The summed E-state index contributed by atoms with van der Waals surface area (Å²) in [6, 6.07) is 10.3. The second-order valence-electron chi connectivity index (χ2n) is 16.5. The van der Waals surface area contributed by atoms with E-state index in [1.54, 1.807) is 6.08 Å². The van der Waals surface area contributed by atoms with Crippen LogP contribution < -0.4 is 0 Å². The van der Waals surface area contributed by atoms with E-state index in [0.29, 0.717) is 31.2 Å². The lowest BCUT2D eigenvalue weighted by molar-refractivity contribution is -0.303. The van der Waals surface area contributed by atoms with E-state index < -0.39 is 18.2 Å². The van der Waals surface area contributed by atoms with Gasteiger partial charge in [-0.25, -0.2) is 0 Å². The Morgan fingerprint density at radius 1 is 0.958 bits per heavy atom. The number of piperazine rings is 1. The van der Waals surface area contributed by atoms with Gasteiger partial charge in [0.2, 0.25) is 0 Å². The van der Waals surface area contributed by atoms with Crippen molar-refractivity contribution in [3.8, 4) is 0 Å². The van der Waals surface area contributed by atoms with Crippen molar-refractivity contribution in [2.24, 2.45) is 29.1 Å². The van der Waals surface area contributed by atoms with Crippen molar-refractivity contribution in [3.63, 3.8) is 0 Å². The van der Waals surface area contributed by atoms with E-state index >= 15 is 0 Å². The Morgan fingerprint density at radius 2 is 1.60 bits per heavy atom. The van der Waals surface area contributed by atoms with Crippen LogP contribution in [0.5, 0.6) is 0 Å². The van der Waals surface area contributed by atoms with Gasteiger partial charge in [0.05, 0.1) is 0 Å². The molecule has 6 unspecified atom stereocenters. The first-order chi connectivity index (χ1) is 22.4. The van der Waals surface area contributed by atoms with Crippen molar-refractivity contribution in [2.75, 3.05) is 19.6 Å². The molecule has 0 bridgehead atoms. The van der Waals surface area contributed by atoms with Crippen LogP contribution in [0.2, 0.25) is 0 Å². The Hall–Kier alpha value is -2.36. The molecule has 0 amide bonds. The van der Waals surface area contributed by atoms with Gasteiger partial charge in [-0.2, -0.15) is 0 Å². The van der Waals surface area contributed by atoms with Gasteiger partial charge in [-0.15, -0.1) is 13.2 Å². The number of aliphatic hydroxyl groups excluding tert-OH is 1. The van der Waals surface area contributed by atoms with Crippen molar-refractivity contribution < 1.29 is 32.5 Å². The molecule has 1 heterocycles. The van der Waals surface area contributed by atoms with Crippen LogP contribution in [0.1, 0.15) is 111 Å². The predicted octanol–water partition coefficient (Wildman–Crippen LogP) is 9.03. The second-order valence-corrected chi connectivity index (χ2v) is 16.5. The Balaban J connectivity index is 1.46. The molecular weight excluding hydrogens is 617 g/mol. The van der Waals surface area contributed by atoms with Gasteiger partial charge in [0.1, 0.15) is 17.6 Å². The smallest absolute Gasteiger partial charge is 0.460 e. The molecule has 1 aromatic rings. The fraction of sp³-hybridized carbons (Fsp3) is 0.718. The molecular formula is C39H59F3N2O4. The second kappa shape index (κ2) is 16.1. The summed E-state index contributed by atoms with van der Waals surface area (Å²) in [5, 5.41) is 11.8. The van der Waals surface area contributed by atoms with Crippen LogP contribution in [-0.2, 0) is 14.3 Å². The summed E-state index contributed by atoms with van der Waals surface area (Å²) in [4.78, 5) is 17.3. The fourth-order valence-corrected chi connectivity index (χ4v) is 8.05. The standard InChI is InChI=1S/C39H59F3N2O4/c1-27-23-31(47-39(40,41)42)19-20-32(27)36(30-15-9-8-10-16-30)43-21-22-44(33(26-43)37(2,3)4)34(45)24-28-13-11-12-14-29(18-17-28)25-35(46)48-38(5,6)7/h8-10,15-16,19-20,23,27-29,32-34,36,45H,11-14,17-18,21-22,24-26H2,1-7H3/t27?,28?,29?,32?,33-,34?,36?/m1/s1. The van der Waals surface area contributed by atoms with Crippen LogP contribution in [0, 0.1) is 29.1 Å². The van der Waals surface area contributed by atoms with Gasteiger partial charge in [0.15, 0.2) is 0 Å². The van der Waals surface area contributed by atoms with Crippen LogP contribution in [0.25, 0.3) is 0 Å². The molecule has 4 rings (SSSR count). The number of allylic oxidation sites excluding steroid dienone is 2. The average molecular weight is 677 g/mol. The minimum absolute atomic E-state index is 0.0437. The van der Waals surface area contributed by atoms with E-state index in [0.717, 1.165) is 57.2 Å². The quantitative estimate of drug-likeness (QED) is 0.264. The van der Waals surface area contributed by atoms with E-state index in [-0.39, 0.29) is 41.1 Å². The van der Waals surface area contributed by atoms with Crippen molar-refractivity contribution in [1.29, 1.82) is 0 Å². The highest BCUT2D eigenvalue weighted by Gasteiger charge is 2.43. The number of aliphatic hydroxyl groups is 1. The molecule has 1 saturated heterocycles. The third kappa shape index (κ3) is 11.3. The van der Waals surface area contributed by atoms with Crippen molar-refractivity contribution >= 4 is 5.97 Å². The van der Waals surface area contributed by atoms with Crippen LogP contribution >= 0.6 is 0 Å². The maximum absolute atomic E-state index is 13.0. The topological polar surface area (TPSA) is 62.2 Å². The molecule has 1 aliphatic heterocycles. The van der Waals surface area contributed by atoms with Crippen molar-refractivity contribution in [1.82, 2.24) is 9.80 Å². The van der Waals surface area contributed by atoms with E-state index in [1.165, 1.54) is 6.08 Å². The number of benzene rings is 1. The third-order valence-corrected chi connectivity index (χ3v) is 10.4. The molecule has 1 N–H and O–H groups in total. The number of halogens is 3. The normalized spacial score (nSPS) is 28.1. The molecule has 0 aromatic heterocycles. The molecule has 6 nitrogen and oxygen atoms in total. The van der Waals surface area contributed by atoms with Gasteiger partial charge >= 0.3 is 12.3 Å². The molecule has 9 heteroatoms. The average Bonchev–Trinajstić information content (AvgIpc) is 2.95. The number of nitrogens with zero attached hydrogens (tertiary/aromatic N) is 2. The van der Waals surface area contributed by atoms with E-state index in [9.17, 15) is 23.1 Å². The number of carbonyl (C=O) groups excluding carboxylic acids is 1. The lowest BCUT2D eigenvalue weighted by Gasteiger charge is -2.52. The first-order valence-electron chi connectivity index (χ1n) is 18.0. The molecule has 2 aliphatic carbocycles. The summed E-state index contributed by atoms with van der Waals surface area (Å²) >= 11 is 0. The van der Waals surface area contributed by atoms with Crippen molar-refractivity contribution in [2.45, 2.75) is 130 Å². The minimum atomic E-state index is -4.73. The number of rotatable bonds is 9. The predicted molar refractivity (Wildman–Crippen MR) is 183 cm³/mol. The maximum Gasteiger partial charge on any atom is 0.573 e. The summed E-state index contributed by atoms with van der Waals surface area (Å²) in [5.41, 5.74) is 0.532. The number of esters is 1. The summed E-state index contributed by atoms with van der Waals surface area (Å²) in [7, 11) is 0. The molecule has 48 heavy (non-hydrogen) atoms. The zero-order valence-corrected chi connectivity index (χ0v) is 30.1. The zero-order chi connectivity index (χ0) is 35.3. The monoisotopic (exact) mass is 676 g/mol. The molecule has 0 radical (unpaired) electrons.